The number of amides is 1. The predicted molar refractivity (Wildman–Crippen MR) is 87.2 cm³/mol. The monoisotopic (exact) mass is 337 g/mol. The molecule has 0 saturated carbocycles. The van der Waals surface area contributed by atoms with Crippen molar-refractivity contribution in [2.45, 2.75) is 26.5 Å². The Labute approximate surface area is 138 Å². The molecule has 0 saturated heterocycles. The third-order valence-corrected chi connectivity index (χ3v) is 4.48. The van der Waals surface area contributed by atoms with E-state index in [1.807, 2.05) is 36.6 Å². The molecule has 1 N–H and O–H groups in total. The van der Waals surface area contributed by atoms with Crippen molar-refractivity contribution in [1.29, 1.82) is 0 Å². The van der Waals surface area contributed by atoms with Gasteiger partial charge in [-0.1, -0.05) is 29.8 Å². The van der Waals surface area contributed by atoms with Gasteiger partial charge in [-0.05, 0) is 42.5 Å². The molecule has 0 aliphatic carbocycles. The molecule has 2 rings (SSSR count). The summed E-state index contributed by atoms with van der Waals surface area (Å²) in [7, 11) is 0. The van der Waals surface area contributed by atoms with Crippen LogP contribution in [0.5, 0.6) is 0 Å². The van der Waals surface area contributed by atoms with E-state index in [1.165, 1.54) is 11.3 Å². The van der Waals surface area contributed by atoms with E-state index in [-0.39, 0.29) is 5.91 Å². The molecular weight excluding hydrogens is 322 g/mol. The van der Waals surface area contributed by atoms with E-state index in [0.717, 1.165) is 11.1 Å². The van der Waals surface area contributed by atoms with Gasteiger partial charge in [0.2, 0.25) is 0 Å². The normalized spacial score (nSPS) is 11.8. The van der Waals surface area contributed by atoms with Gasteiger partial charge in [0.15, 0.2) is 6.10 Å². The Bertz CT molecular complexity index is 684. The molecule has 0 fully saturated rings. The molecule has 0 radical (unpaired) electrons. The number of esters is 1. The van der Waals surface area contributed by atoms with Crippen LogP contribution in [0.25, 0.3) is 0 Å². The lowest BCUT2D eigenvalue weighted by Crippen LogP contribution is -2.35. The molecule has 1 amide bonds. The van der Waals surface area contributed by atoms with E-state index in [4.69, 9.17) is 16.3 Å². The largest absolute Gasteiger partial charge is 0.448 e. The third-order valence-electron chi connectivity index (χ3n) is 3.11. The molecule has 0 aliphatic heterocycles. The van der Waals surface area contributed by atoms with Crippen LogP contribution in [-0.4, -0.2) is 18.0 Å². The second-order valence-corrected chi connectivity index (χ2v) is 6.11. The van der Waals surface area contributed by atoms with Gasteiger partial charge in [0.25, 0.3) is 5.91 Å². The molecule has 2 aromatic rings. The number of aryl methyl sites for hydroxylation is 1. The summed E-state index contributed by atoms with van der Waals surface area (Å²) >= 11 is 7.32. The number of thiophene rings is 1. The fraction of sp³-hybridized carbons (Fsp3) is 0.250. The molecule has 0 spiro atoms. The van der Waals surface area contributed by atoms with Crippen LogP contribution >= 0.6 is 22.9 Å². The molecule has 1 unspecified atom stereocenters. The van der Waals surface area contributed by atoms with Crippen LogP contribution in [0.3, 0.4) is 0 Å². The van der Waals surface area contributed by atoms with E-state index >= 15 is 0 Å². The Balaban J connectivity index is 1.89. The van der Waals surface area contributed by atoms with Gasteiger partial charge in [-0.25, -0.2) is 4.79 Å². The summed E-state index contributed by atoms with van der Waals surface area (Å²) in [4.78, 5) is 24.5. The average molecular weight is 338 g/mol. The summed E-state index contributed by atoms with van der Waals surface area (Å²) in [5.74, 6) is -0.838. The van der Waals surface area contributed by atoms with Crippen molar-refractivity contribution in [2.75, 3.05) is 0 Å². The van der Waals surface area contributed by atoms with Gasteiger partial charge in [-0.2, -0.15) is 0 Å². The second kappa shape index (κ2) is 7.42. The van der Waals surface area contributed by atoms with Crippen molar-refractivity contribution in [1.82, 2.24) is 5.32 Å². The fourth-order valence-corrected chi connectivity index (χ4v) is 2.83. The number of carbonyl (C=O) groups excluding carboxylic acids is 2. The van der Waals surface area contributed by atoms with Crippen molar-refractivity contribution in [2.24, 2.45) is 0 Å². The minimum absolute atomic E-state index is 0.290. The van der Waals surface area contributed by atoms with Crippen molar-refractivity contribution in [3.63, 3.8) is 0 Å². The average Bonchev–Trinajstić information content (AvgIpc) is 2.92. The van der Waals surface area contributed by atoms with Gasteiger partial charge in [-0.3, -0.25) is 4.79 Å². The van der Waals surface area contributed by atoms with Gasteiger partial charge >= 0.3 is 5.97 Å². The van der Waals surface area contributed by atoms with Gasteiger partial charge in [-0.15, -0.1) is 11.3 Å². The Morgan fingerprint density at radius 1 is 1.32 bits per heavy atom. The predicted octanol–water partition coefficient (Wildman–Crippen LogP) is 3.57. The lowest BCUT2D eigenvalue weighted by atomic mass is 10.2. The second-order valence-electron chi connectivity index (χ2n) is 4.79. The van der Waals surface area contributed by atoms with Crippen LogP contribution in [0.1, 0.15) is 27.7 Å². The maximum atomic E-state index is 12.0. The first-order valence-corrected chi connectivity index (χ1v) is 8.01. The SMILES string of the molecule is Cc1ccsc1C(=O)OC(C)C(=O)NCc1ccccc1Cl. The maximum Gasteiger partial charge on any atom is 0.349 e. The fourth-order valence-electron chi connectivity index (χ4n) is 1.82. The first-order chi connectivity index (χ1) is 10.5. The number of benzene rings is 1. The lowest BCUT2D eigenvalue weighted by Gasteiger charge is -2.13. The van der Waals surface area contributed by atoms with E-state index in [0.29, 0.717) is 16.4 Å². The van der Waals surface area contributed by atoms with Crippen molar-refractivity contribution >= 4 is 34.8 Å². The summed E-state index contributed by atoms with van der Waals surface area (Å²) < 4.78 is 5.18. The van der Waals surface area contributed by atoms with Crippen molar-refractivity contribution in [3.8, 4) is 0 Å². The maximum absolute atomic E-state index is 12.0. The van der Waals surface area contributed by atoms with Gasteiger partial charge in [0, 0.05) is 11.6 Å². The summed E-state index contributed by atoms with van der Waals surface area (Å²) in [6, 6.07) is 9.08. The Hall–Kier alpha value is -1.85. The number of carbonyl (C=O) groups is 2. The molecule has 4 nitrogen and oxygen atoms in total. The molecule has 22 heavy (non-hydrogen) atoms. The van der Waals surface area contributed by atoms with Crippen LogP contribution in [0, 0.1) is 6.92 Å². The minimum Gasteiger partial charge on any atom is -0.448 e. The number of nitrogens with one attached hydrogen (secondary N) is 1. The van der Waals surface area contributed by atoms with Crippen molar-refractivity contribution < 1.29 is 14.3 Å². The zero-order chi connectivity index (χ0) is 16.1. The summed E-state index contributed by atoms with van der Waals surface area (Å²) in [5, 5.41) is 5.11. The molecule has 116 valence electrons. The Kier molecular flexibility index (Phi) is 5.57. The highest BCUT2D eigenvalue weighted by Crippen LogP contribution is 2.17. The zero-order valence-corrected chi connectivity index (χ0v) is 13.8. The number of hydrogen-bond acceptors (Lipinski definition) is 4. The van der Waals surface area contributed by atoms with Crippen LogP contribution in [0.2, 0.25) is 5.02 Å². The van der Waals surface area contributed by atoms with E-state index in [1.54, 1.807) is 13.0 Å². The molecule has 1 heterocycles. The number of halogens is 1. The van der Waals surface area contributed by atoms with E-state index in [9.17, 15) is 9.59 Å². The molecular formula is C16H16ClNO3S. The van der Waals surface area contributed by atoms with Gasteiger partial charge in [0.05, 0.1) is 0 Å². The summed E-state index contributed by atoms with van der Waals surface area (Å²) in [5.41, 5.74) is 1.66. The highest BCUT2D eigenvalue weighted by Gasteiger charge is 2.20. The number of hydrogen-bond donors (Lipinski definition) is 1. The third kappa shape index (κ3) is 4.08. The van der Waals surface area contributed by atoms with E-state index < -0.39 is 12.1 Å². The molecule has 0 bridgehead atoms. The van der Waals surface area contributed by atoms with Gasteiger partial charge < -0.3 is 10.1 Å². The first-order valence-electron chi connectivity index (χ1n) is 6.75. The Morgan fingerprint density at radius 3 is 2.68 bits per heavy atom. The Morgan fingerprint density at radius 2 is 2.05 bits per heavy atom. The lowest BCUT2D eigenvalue weighted by molar-refractivity contribution is -0.129. The highest BCUT2D eigenvalue weighted by atomic mass is 35.5. The molecule has 1 aromatic heterocycles. The highest BCUT2D eigenvalue weighted by molar-refractivity contribution is 7.12. The standard InChI is InChI=1S/C16H16ClNO3S/c1-10-7-8-22-14(10)16(20)21-11(2)15(19)18-9-12-5-3-4-6-13(12)17/h3-8,11H,9H2,1-2H3,(H,18,19). The number of rotatable bonds is 5. The van der Waals surface area contributed by atoms with Crippen LogP contribution < -0.4 is 5.32 Å². The quantitative estimate of drug-likeness (QED) is 0.848. The first kappa shape index (κ1) is 16.5. The van der Waals surface area contributed by atoms with Crippen molar-refractivity contribution in [3.05, 3.63) is 56.7 Å². The van der Waals surface area contributed by atoms with E-state index in [2.05, 4.69) is 5.32 Å². The summed E-state index contributed by atoms with van der Waals surface area (Å²) in [6.45, 7) is 3.66. The van der Waals surface area contributed by atoms with Crippen LogP contribution in [0.15, 0.2) is 35.7 Å². The molecule has 1 aromatic carbocycles. The smallest absolute Gasteiger partial charge is 0.349 e. The van der Waals surface area contributed by atoms with Crippen LogP contribution in [-0.2, 0) is 16.1 Å². The molecule has 6 heteroatoms. The zero-order valence-electron chi connectivity index (χ0n) is 12.3. The molecule has 1 atom stereocenters. The molecule has 0 aliphatic rings. The topological polar surface area (TPSA) is 55.4 Å². The van der Waals surface area contributed by atoms with Crippen LogP contribution in [0.4, 0.5) is 0 Å². The minimum atomic E-state index is -0.864. The summed E-state index contributed by atoms with van der Waals surface area (Å²) in [6.07, 6.45) is -0.864. The van der Waals surface area contributed by atoms with Gasteiger partial charge in [0.1, 0.15) is 4.88 Å². The number of ether oxygens (including phenoxy) is 1.